The predicted molar refractivity (Wildman–Crippen MR) is 71.6 cm³/mol. The van der Waals surface area contributed by atoms with Crippen molar-refractivity contribution in [2.24, 2.45) is 0 Å². The van der Waals surface area contributed by atoms with Gasteiger partial charge in [-0.05, 0) is 38.0 Å². The first-order chi connectivity index (χ1) is 8.36. The van der Waals surface area contributed by atoms with E-state index < -0.39 is 21.2 Å². The largest absolute Gasteiger partial charge is 0.497 e. The molecule has 0 saturated heterocycles. The van der Waals surface area contributed by atoms with Gasteiger partial charge in [0.25, 0.3) is 0 Å². The molecule has 0 aromatic heterocycles. The molecule has 0 fully saturated rings. The summed E-state index contributed by atoms with van der Waals surface area (Å²) in [5.41, 5.74) is 0.942. The summed E-state index contributed by atoms with van der Waals surface area (Å²) in [5.74, 6) is 0.796. The number of hydrogen-bond donors (Lipinski definition) is 1. The SMILES string of the molecule is COc1ccc(CCS(=O)(=O)[C@H](C)[C@@H](C)O)cc1. The average Bonchev–Trinajstić information content (AvgIpc) is 2.36. The predicted octanol–water partition coefficient (Wildman–Crippen LogP) is 1.42. The molecule has 0 spiro atoms. The maximum atomic E-state index is 11.9. The van der Waals surface area contributed by atoms with Crippen molar-refractivity contribution in [3.63, 3.8) is 0 Å². The molecule has 1 aromatic rings. The highest BCUT2D eigenvalue weighted by molar-refractivity contribution is 7.92. The second-order valence-electron chi connectivity index (χ2n) is 4.41. The van der Waals surface area contributed by atoms with Crippen LogP contribution in [-0.2, 0) is 16.3 Å². The number of aryl methyl sites for hydroxylation is 1. The first-order valence-corrected chi connectivity index (χ1v) is 7.61. The average molecular weight is 272 g/mol. The molecule has 102 valence electrons. The molecule has 1 aromatic carbocycles. The Kier molecular flexibility index (Phi) is 5.16. The fourth-order valence-electron chi connectivity index (χ4n) is 1.54. The van der Waals surface area contributed by atoms with Gasteiger partial charge in [0.1, 0.15) is 5.75 Å². The molecule has 0 unspecified atom stereocenters. The zero-order valence-corrected chi connectivity index (χ0v) is 11.8. The number of sulfone groups is 1. The topological polar surface area (TPSA) is 63.6 Å². The Morgan fingerprint density at radius 2 is 1.78 bits per heavy atom. The van der Waals surface area contributed by atoms with Gasteiger partial charge in [0.15, 0.2) is 9.84 Å². The fourth-order valence-corrected chi connectivity index (χ4v) is 3.03. The molecule has 0 aliphatic heterocycles. The molecule has 18 heavy (non-hydrogen) atoms. The van der Waals surface area contributed by atoms with Crippen molar-refractivity contribution in [3.05, 3.63) is 29.8 Å². The summed E-state index contributed by atoms with van der Waals surface area (Å²) in [6.07, 6.45) is -0.394. The van der Waals surface area contributed by atoms with Crippen LogP contribution in [0.1, 0.15) is 19.4 Å². The van der Waals surface area contributed by atoms with Crippen molar-refractivity contribution < 1.29 is 18.3 Å². The Morgan fingerprint density at radius 3 is 2.22 bits per heavy atom. The third kappa shape index (κ3) is 3.99. The maximum Gasteiger partial charge on any atom is 0.155 e. The number of aliphatic hydroxyl groups excluding tert-OH is 1. The van der Waals surface area contributed by atoms with Crippen LogP contribution in [0.25, 0.3) is 0 Å². The van der Waals surface area contributed by atoms with Gasteiger partial charge in [0.05, 0.1) is 24.2 Å². The summed E-state index contributed by atoms with van der Waals surface area (Å²) in [6.45, 7) is 3.03. The van der Waals surface area contributed by atoms with Crippen LogP contribution in [0.4, 0.5) is 0 Å². The zero-order chi connectivity index (χ0) is 13.8. The summed E-state index contributed by atoms with van der Waals surface area (Å²) in [4.78, 5) is 0. The third-order valence-corrected chi connectivity index (χ3v) is 5.38. The van der Waals surface area contributed by atoms with Gasteiger partial charge in [0.2, 0.25) is 0 Å². The monoisotopic (exact) mass is 272 g/mol. The van der Waals surface area contributed by atoms with Gasteiger partial charge in [-0.3, -0.25) is 0 Å². The smallest absolute Gasteiger partial charge is 0.155 e. The van der Waals surface area contributed by atoms with E-state index in [2.05, 4.69) is 0 Å². The number of hydrogen-bond acceptors (Lipinski definition) is 4. The summed E-state index contributed by atoms with van der Waals surface area (Å²) >= 11 is 0. The van der Waals surface area contributed by atoms with E-state index in [4.69, 9.17) is 4.74 Å². The lowest BCUT2D eigenvalue weighted by molar-refractivity contribution is 0.193. The molecule has 0 radical (unpaired) electrons. The summed E-state index contributed by atoms with van der Waals surface area (Å²) in [6, 6.07) is 7.31. The lowest BCUT2D eigenvalue weighted by Gasteiger charge is -2.15. The minimum absolute atomic E-state index is 0.0470. The maximum absolute atomic E-state index is 11.9. The lowest BCUT2D eigenvalue weighted by atomic mass is 10.2. The van der Waals surface area contributed by atoms with E-state index in [-0.39, 0.29) is 5.75 Å². The Morgan fingerprint density at radius 1 is 1.22 bits per heavy atom. The summed E-state index contributed by atoms with van der Waals surface area (Å²) < 4.78 is 28.8. The van der Waals surface area contributed by atoms with Gasteiger partial charge >= 0.3 is 0 Å². The Bertz CT molecular complexity index is 462. The van der Waals surface area contributed by atoms with Gasteiger partial charge in [-0.2, -0.15) is 0 Å². The molecule has 4 nitrogen and oxygen atoms in total. The highest BCUT2D eigenvalue weighted by Crippen LogP contribution is 2.14. The van der Waals surface area contributed by atoms with E-state index in [9.17, 15) is 13.5 Å². The highest BCUT2D eigenvalue weighted by atomic mass is 32.2. The van der Waals surface area contributed by atoms with Crippen LogP contribution in [0.3, 0.4) is 0 Å². The van der Waals surface area contributed by atoms with Crippen molar-refractivity contribution in [2.75, 3.05) is 12.9 Å². The molecule has 0 bridgehead atoms. The van der Waals surface area contributed by atoms with Crippen LogP contribution in [0.15, 0.2) is 24.3 Å². The second-order valence-corrected chi connectivity index (χ2v) is 6.89. The normalized spacial score (nSPS) is 15.1. The van der Waals surface area contributed by atoms with Crippen molar-refractivity contribution in [1.82, 2.24) is 0 Å². The van der Waals surface area contributed by atoms with Gasteiger partial charge in [-0.1, -0.05) is 12.1 Å². The number of benzene rings is 1. The Labute approximate surface area is 109 Å². The fraction of sp³-hybridized carbons (Fsp3) is 0.538. The lowest BCUT2D eigenvalue weighted by Crippen LogP contribution is -2.31. The van der Waals surface area contributed by atoms with Crippen LogP contribution in [0, 0.1) is 0 Å². The molecule has 0 aliphatic carbocycles. The van der Waals surface area contributed by atoms with Crippen molar-refractivity contribution >= 4 is 9.84 Å². The van der Waals surface area contributed by atoms with Gasteiger partial charge in [-0.25, -0.2) is 8.42 Å². The minimum atomic E-state index is -3.25. The standard InChI is InChI=1S/C13H20O4S/c1-10(14)11(2)18(15,16)9-8-12-4-6-13(17-3)7-5-12/h4-7,10-11,14H,8-9H2,1-3H3/t10-,11-/m1/s1. The third-order valence-electron chi connectivity index (χ3n) is 3.08. The van der Waals surface area contributed by atoms with E-state index in [1.54, 1.807) is 19.2 Å². The Hall–Kier alpha value is -1.07. The molecule has 1 rings (SSSR count). The van der Waals surface area contributed by atoms with E-state index in [0.717, 1.165) is 11.3 Å². The van der Waals surface area contributed by atoms with Crippen LogP contribution < -0.4 is 4.74 Å². The van der Waals surface area contributed by atoms with E-state index in [0.29, 0.717) is 6.42 Å². The van der Waals surface area contributed by atoms with Crippen molar-refractivity contribution in [3.8, 4) is 5.75 Å². The first-order valence-electron chi connectivity index (χ1n) is 5.89. The van der Waals surface area contributed by atoms with E-state index in [1.807, 2.05) is 12.1 Å². The van der Waals surface area contributed by atoms with E-state index in [1.165, 1.54) is 13.8 Å². The zero-order valence-electron chi connectivity index (χ0n) is 11.0. The minimum Gasteiger partial charge on any atom is -0.497 e. The van der Waals surface area contributed by atoms with Crippen molar-refractivity contribution in [2.45, 2.75) is 31.6 Å². The molecular weight excluding hydrogens is 252 g/mol. The number of aliphatic hydroxyl groups is 1. The quantitative estimate of drug-likeness (QED) is 0.850. The van der Waals surface area contributed by atoms with Gasteiger partial charge < -0.3 is 9.84 Å². The molecular formula is C13H20O4S. The van der Waals surface area contributed by atoms with Gasteiger partial charge in [0, 0.05) is 0 Å². The molecule has 0 heterocycles. The number of ether oxygens (including phenoxy) is 1. The van der Waals surface area contributed by atoms with Crippen LogP contribution in [0.2, 0.25) is 0 Å². The highest BCUT2D eigenvalue weighted by Gasteiger charge is 2.24. The van der Waals surface area contributed by atoms with Gasteiger partial charge in [-0.15, -0.1) is 0 Å². The molecule has 0 aliphatic rings. The van der Waals surface area contributed by atoms with Crippen molar-refractivity contribution in [1.29, 1.82) is 0 Å². The van der Waals surface area contributed by atoms with Crippen LogP contribution in [0.5, 0.6) is 5.75 Å². The first kappa shape index (κ1) is 15.0. The molecule has 0 saturated carbocycles. The molecule has 5 heteroatoms. The molecule has 2 atom stereocenters. The van der Waals surface area contributed by atoms with Crippen LogP contribution >= 0.6 is 0 Å². The summed E-state index contributed by atoms with van der Waals surface area (Å²) in [5, 5.41) is 8.60. The molecule has 0 amide bonds. The molecule has 1 N–H and O–H groups in total. The number of rotatable bonds is 6. The second kappa shape index (κ2) is 6.20. The summed E-state index contributed by atoms with van der Waals surface area (Å²) in [7, 11) is -1.67. The Balaban J connectivity index is 2.64. The van der Waals surface area contributed by atoms with Crippen LogP contribution in [-0.4, -0.2) is 37.7 Å². The van der Waals surface area contributed by atoms with E-state index >= 15 is 0 Å². The number of methoxy groups -OCH3 is 1.